The summed E-state index contributed by atoms with van der Waals surface area (Å²) in [6.07, 6.45) is 4.79. The first kappa shape index (κ1) is 28.7. The molecule has 1 saturated heterocycles. The summed E-state index contributed by atoms with van der Waals surface area (Å²) in [7, 11) is 0. The van der Waals surface area contributed by atoms with E-state index < -0.39 is 17.8 Å². The molecule has 1 saturated carbocycles. The van der Waals surface area contributed by atoms with Crippen LogP contribution in [0.2, 0.25) is 5.02 Å². The molecule has 1 aliphatic carbocycles. The Bertz CT molecular complexity index is 1800. The number of piperidine rings is 1. The summed E-state index contributed by atoms with van der Waals surface area (Å²) in [6, 6.07) is 11.7. The van der Waals surface area contributed by atoms with Crippen LogP contribution in [0.5, 0.6) is 0 Å². The van der Waals surface area contributed by atoms with E-state index in [1.54, 1.807) is 55.4 Å². The van der Waals surface area contributed by atoms with Gasteiger partial charge in [-0.15, -0.1) is 0 Å². The molecule has 11 heteroatoms. The van der Waals surface area contributed by atoms with Crippen molar-refractivity contribution < 1.29 is 18.8 Å². The molecule has 1 N–H and O–H groups in total. The second kappa shape index (κ2) is 11.3. The zero-order chi connectivity index (χ0) is 30.4. The van der Waals surface area contributed by atoms with Crippen molar-refractivity contribution in [3.8, 4) is 11.1 Å². The highest BCUT2D eigenvalue weighted by molar-refractivity contribution is 6.32. The standard InChI is InChI=1S/C32H30ClFN6O3/c1-17(23-6-4-5-7-25(23)33)26(34)15-37-32(43)29-12-21-11-28(21)40(29)30(42)16-39-27-9-8-20(22-13-35-19(3)36-14-22)10-24(27)31(38-39)18(2)41/h4-10,13-14,21,28-29H,11-12,15-16H2,1-3H3,(H,37,43)/b26-17-/t21-,28?,29+/m1/s1. The molecule has 2 aromatic heterocycles. The quantitative estimate of drug-likeness (QED) is 0.280. The van der Waals surface area contributed by atoms with E-state index in [1.165, 1.54) is 11.6 Å². The zero-order valence-electron chi connectivity index (χ0n) is 24.0. The van der Waals surface area contributed by atoms with Crippen LogP contribution in [0.25, 0.3) is 27.6 Å². The summed E-state index contributed by atoms with van der Waals surface area (Å²) in [6.45, 7) is 4.42. The Labute approximate surface area is 252 Å². The van der Waals surface area contributed by atoms with Gasteiger partial charge in [0.05, 0.1) is 12.1 Å². The molecule has 2 aliphatic rings. The number of likely N-dealkylation sites (tertiary alicyclic amines) is 1. The molecule has 43 heavy (non-hydrogen) atoms. The highest BCUT2D eigenvalue weighted by Gasteiger charge is 2.56. The van der Waals surface area contributed by atoms with Crippen molar-refractivity contribution in [2.45, 2.75) is 52.2 Å². The van der Waals surface area contributed by atoms with Gasteiger partial charge in [-0.3, -0.25) is 19.1 Å². The SMILES string of the molecule is CC(=O)c1nn(CC(=O)N2C3C[C@@H]3C[C@H]2C(=O)NC/C(F)=C(\C)c2ccccc2Cl)c2ccc(-c3cnc(C)nc3)cc12. The number of carbonyl (C=O) groups excluding carboxylic acids is 3. The van der Waals surface area contributed by atoms with Gasteiger partial charge in [-0.1, -0.05) is 35.9 Å². The number of halogens is 2. The number of ketones is 1. The van der Waals surface area contributed by atoms with Crippen LogP contribution in [0.1, 0.15) is 48.6 Å². The van der Waals surface area contributed by atoms with Gasteiger partial charge in [0.2, 0.25) is 11.8 Å². The van der Waals surface area contributed by atoms with Gasteiger partial charge in [-0.2, -0.15) is 5.10 Å². The third kappa shape index (κ3) is 5.54. The smallest absolute Gasteiger partial charge is 0.245 e. The Balaban J connectivity index is 1.20. The number of amides is 2. The normalized spacial score (nSPS) is 19.7. The number of hydrogen-bond acceptors (Lipinski definition) is 6. The van der Waals surface area contributed by atoms with Crippen molar-refractivity contribution in [1.82, 2.24) is 30.0 Å². The summed E-state index contributed by atoms with van der Waals surface area (Å²) >= 11 is 6.20. The molecule has 2 fully saturated rings. The minimum absolute atomic E-state index is 0.0317. The van der Waals surface area contributed by atoms with Crippen LogP contribution >= 0.6 is 11.6 Å². The monoisotopic (exact) mass is 600 g/mol. The van der Waals surface area contributed by atoms with Gasteiger partial charge >= 0.3 is 0 Å². The molecule has 0 radical (unpaired) electrons. The number of rotatable bonds is 8. The molecule has 3 atom stereocenters. The van der Waals surface area contributed by atoms with Gasteiger partial charge in [0.15, 0.2) is 5.78 Å². The fraction of sp³-hybridized carbons (Fsp3) is 0.312. The van der Waals surface area contributed by atoms with Gasteiger partial charge in [0.25, 0.3) is 0 Å². The molecule has 6 rings (SSSR count). The van der Waals surface area contributed by atoms with Gasteiger partial charge in [0.1, 0.15) is 29.9 Å². The molecular weight excluding hydrogens is 571 g/mol. The number of nitrogens with zero attached hydrogens (tertiary/aromatic N) is 5. The van der Waals surface area contributed by atoms with Crippen LogP contribution in [0, 0.1) is 12.8 Å². The number of carbonyl (C=O) groups is 3. The van der Waals surface area contributed by atoms with Crippen LogP contribution in [-0.2, 0) is 16.1 Å². The van der Waals surface area contributed by atoms with E-state index in [-0.39, 0.29) is 42.4 Å². The summed E-state index contributed by atoms with van der Waals surface area (Å²) in [4.78, 5) is 49.5. The molecule has 2 amide bonds. The van der Waals surface area contributed by atoms with Crippen LogP contribution in [0.3, 0.4) is 0 Å². The Kier molecular flexibility index (Phi) is 7.56. The lowest BCUT2D eigenvalue weighted by molar-refractivity contribution is -0.140. The van der Waals surface area contributed by atoms with E-state index >= 15 is 0 Å². The van der Waals surface area contributed by atoms with Crippen molar-refractivity contribution in [2.75, 3.05) is 6.54 Å². The predicted molar refractivity (Wildman–Crippen MR) is 161 cm³/mol. The summed E-state index contributed by atoms with van der Waals surface area (Å²) in [5, 5.41) is 8.21. The van der Waals surface area contributed by atoms with Crippen molar-refractivity contribution >= 4 is 45.7 Å². The van der Waals surface area contributed by atoms with Gasteiger partial charge in [0, 0.05) is 41.3 Å². The van der Waals surface area contributed by atoms with Crippen molar-refractivity contribution in [3.05, 3.63) is 82.8 Å². The van der Waals surface area contributed by atoms with Gasteiger partial charge in [-0.25, -0.2) is 14.4 Å². The van der Waals surface area contributed by atoms with Crippen molar-refractivity contribution in [1.29, 1.82) is 0 Å². The lowest BCUT2D eigenvalue weighted by Crippen LogP contribution is -2.49. The molecule has 3 heterocycles. The van der Waals surface area contributed by atoms with E-state index in [2.05, 4.69) is 20.4 Å². The number of allylic oxidation sites excluding steroid dienone is 1. The molecule has 1 unspecified atom stereocenters. The molecule has 1 aliphatic heterocycles. The lowest BCUT2D eigenvalue weighted by atomic mass is 10.0. The number of nitrogens with one attached hydrogen (secondary N) is 1. The summed E-state index contributed by atoms with van der Waals surface area (Å²) in [5.41, 5.74) is 3.41. The topological polar surface area (TPSA) is 110 Å². The molecule has 0 spiro atoms. The van der Waals surface area contributed by atoms with E-state index in [9.17, 15) is 18.8 Å². The zero-order valence-corrected chi connectivity index (χ0v) is 24.7. The highest BCUT2D eigenvalue weighted by Crippen LogP contribution is 2.48. The first-order valence-electron chi connectivity index (χ1n) is 14.1. The molecule has 9 nitrogen and oxygen atoms in total. The van der Waals surface area contributed by atoms with Gasteiger partial charge in [-0.05, 0) is 67.5 Å². The number of fused-ring (bicyclic) bond motifs is 2. The molecular formula is C32H30ClFN6O3. The first-order chi connectivity index (χ1) is 20.6. The summed E-state index contributed by atoms with van der Waals surface area (Å²) in [5.74, 6) is -0.506. The molecule has 0 bridgehead atoms. The minimum atomic E-state index is -0.702. The second-order valence-corrected chi connectivity index (χ2v) is 11.6. The Morgan fingerprint density at radius 1 is 1.05 bits per heavy atom. The van der Waals surface area contributed by atoms with Crippen LogP contribution in [-0.4, -0.2) is 60.9 Å². The van der Waals surface area contributed by atoms with E-state index in [1.807, 2.05) is 18.2 Å². The number of aromatic nitrogens is 4. The van der Waals surface area contributed by atoms with Crippen molar-refractivity contribution in [2.24, 2.45) is 5.92 Å². The maximum absolute atomic E-state index is 15.0. The highest BCUT2D eigenvalue weighted by atomic mass is 35.5. The largest absolute Gasteiger partial charge is 0.348 e. The Morgan fingerprint density at radius 2 is 1.79 bits per heavy atom. The van der Waals surface area contributed by atoms with E-state index in [0.717, 1.165) is 17.5 Å². The first-order valence-corrected chi connectivity index (χ1v) is 14.5. The Hall–Kier alpha value is -4.44. The van der Waals surface area contributed by atoms with Crippen LogP contribution in [0.15, 0.2) is 60.7 Å². The fourth-order valence-corrected chi connectivity index (χ4v) is 6.14. The van der Waals surface area contributed by atoms with Gasteiger partial charge < -0.3 is 10.2 Å². The summed E-state index contributed by atoms with van der Waals surface area (Å²) < 4.78 is 16.5. The number of benzene rings is 2. The Morgan fingerprint density at radius 3 is 2.51 bits per heavy atom. The van der Waals surface area contributed by atoms with Crippen LogP contribution in [0.4, 0.5) is 4.39 Å². The molecule has 220 valence electrons. The average Bonchev–Trinajstić information content (AvgIpc) is 3.50. The third-order valence-electron chi connectivity index (χ3n) is 8.28. The maximum Gasteiger partial charge on any atom is 0.245 e. The predicted octanol–water partition coefficient (Wildman–Crippen LogP) is 5.16. The van der Waals surface area contributed by atoms with Crippen molar-refractivity contribution in [3.63, 3.8) is 0 Å². The second-order valence-electron chi connectivity index (χ2n) is 11.2. The molecule has 4 aromatic rings. The van der Waals surface area contributed by atoms with E-state index in [0.29, 0.717) is 39.3 Å². The van der Waals surface area contributed by atoms with Crippen LogP contribution < -0.4 is 5.32 Å². The number of hydrogen-bond donors (Lipinski definition) is 1. The maximum atomic E-state index is 15.0. The average molecular weight is 601 g/mol. The minimum Gasteiger partial charge on any atom is -0.348 e. The lowest BCUT2D eigenvalue weighted by Gasteiger charge is -2.27. The number of aryl methyl sites for hydroxylation is 1. The van der Waals surface area contributed by atoms with E-state index in [4.69, 9.17) is 11.6 Å². The third-order valence-corrected chi connectivity index (χ3v) is 8.61. The fourth-order valence-electron chi connectivity index (χ4n) is 5.87. The molecule has 2 aromatic carbocycles. The number of Topliss-reactive ketones (excluding diaryl/α,β-unsaturated/α-hetero) is 1.